The molecule has 4 nitrogen and oxygen atoms in total. The van der Waals surface area contributed by atoms with Crippen molar-refractivity contribution in [3.63, 3.8) is 0 Å². The molecule has 1 aliphatic rings. The highest BCUT2D eigenvalue weighted by molar-refractivity contribution is 5.85. The molecule has 2 rings (SSSR count). The number of halogens is 2. The number of rotatable bonds is 4. The third-order valence-electron chi connectivity index (χ3n) is 3.99. The van der Waals surface area contributed by atoms with Crippen LogP contribution in [0, 0.1) is 5.92 Å². The maximum absolute atomic E-state index is 9.70. The van der Waals surface area contributed by atoms with Gasteiger partial charge in [-0.25, -0.2) is 0 Å². The summed E-state index contributed by atoms with van der Waals surface area (Å²) in [4.78, 5) is 2.44. The number of nitrogens with zero attached hydrogens (tertiary/aromatic N) is 1. The Bertz CT molecular complexity index is 406. The van der Waals surface area contributed by atoms with Crippen molar-refractivity contribution in [2.75, 3.05) is 26.2 Å². The summed E-state index contributed by atoms with van der Waals surface area (Å²) < 4.78 is 0. The molecule has 0 aromatic heterocycles. The van der Waals surface area contributed by atoms with E-state index >= 15 is 0 Å². The molecule has 21 heavy (non-hydrogen) atoms. The summed E-state index contributed by atoms with van der Waals surface area (Å²) in [5.41, 5.74) is 1.01. The van der Waals surface area contributed by atoms with Gasteiger partial charge in [0.15, 0.2) is 0 Å². The Labute approximate surface area is 139 Å². The van der Waals surface area contributed by atoms with Gasteiger partial charge in [0.2, 0.25) is 0 Å². The molecule has 0 amide bonds. The van der Waals surface area contributed by atoms with Crippen LogP contribution in [0.4, 0.5) is 0 Å². The van der Waals surface area contributed by atoms with E-state index in [-0.39, 0.29) is 42.4 Å². The van der Waals surface area contributed by atoms with E-state index in [9.17, 15) is 10.2 Å². The van der Waals surface area contributed by atoms with Gasteiger partial charge in [-0.2, -0.15) is 0 Å². The van der Waals surface area contributed by atoms with Gasteiger partial charge in [0.25, 0.3) is 0 Å². The van der Waals surface area contributed by atoms with Crippen LogP contribution in [-0.4, -0.2) is 41.3 Å². The number of nitrogens with one attached hydrogen (secondary N) is 1. The van der Waals surface area contributed by atoms with Crippen LogP contribution < -0.4 is 5.32 Å². The Balaban J connectivity index is 0.00000200. The molecule has 0 saturated carbocycles. The average molecular weight is 337 g/mol. The average Bonchev–Trinajstić information content (AvgIpc) is 2.39. The zero-order chi connectivity index (χ0) is 13.8. The van der Waals surface area contributed by atoms with Crippen LogP contribution >= 0.6 is 24.8 Å². The van der Waals surface area contributed by atoms with E-state index in [4.69, 9.17) is 0 Å². The number of piperazine rings is 1. The van der Waals surface area contributed by atoms with Crippen molar-refractivity contribution in [3.8, 4) is 11.5 Å². The normalized spacial score (nSPS) is 18.2. The predicted octanol–water partition coefficient (Wildman–Crippen LogP) is 2.93. The van der Waals surface area contributed by atoms with Crippen molar-refractivity contribution in [1.29, 1.82) is 0 Å². The van der Waals surface area contributed by atoms with Gasteiger partial charge in [0, 0.05) is 38.3 Å². The van der Waals surface area contributed by atoms with E-state index in [2.05, 4.69) is 24.1 Å². The highest BCUT2D eigenvalue weighted by atomic mass is 35.5. The lowest BCUT2D eigenvalue weighted by Crippen LogP contribution is -2.46. The summed E-state index contributed by atoms with van der Waals surface area (Å²) in [5, 5.41) is 22.8. The second-order valence-electron chi connectivity index (χ2n) is 5.40. The SMILES string of the molecule is CCC(C)[C@H](c1cc(O)cc(O)c1)N1CCNCC1.Cl.Cl. The van der Waals surface area contributed by atoms with Crippen molar-refractivity contribution < 1.29 is 10.2 Å². The fourth-order valence-corrected chi connectivity index (χ4v) is 2.87. The Hall–Kier alpha value is -0.680. The summed E-state index contributed by atoms with van der Waals surface area (Å²) in [6.07, 6.45) is 1.07. The molecule has 1 aliphatic heterocycles. The summed E-state index contributed by atoms with van der Waals surface area (Å²) in [7, 11) is 0. The maximum Gasteiger partial charge on any atom is 0.119 e. The first-order valence-electron chi connectivity index (χ1n) is 7.09. The molecular weight excluding hydrogens is 311 g/mol. The van der Waals surface area contributed by atoms with Gasteiger partial charge in [-0.3, -0.25) is 4.90 Å². The van der Waals surface area contributed by atoms with E-state index in [1.54, 1.807) is 12.1 Å². The van der Waals surface area contributed by atoms with E-state index in [1.165, 1.54) is 6.07 Å². The summed E-state index contributed by atoms with van der Waals surface area (Å²) in [5.74, 6) is 0.760. The second-order valence-corrected chi connectivity index (χ2v) is 5.40. The number of hydrogen-bond donors (Lipinski definition) is 3. The van der Waals surface area contributed by atoms with Gasteiger partial charge < -0.3 is 15.5 Å². The Morgan fingerprint density at radius 3 is 2.10 bits per heavy atom. The first-order valence-corrected chi connectivity index (χ1v) is 7.09. The number of phenolic OH excluding ortho intramolecular Hbond substituents is 2. The van der Waals surface area contributed by atoms with E-state index in [0.29, 0.717) is 5.92 Å². The standard InChI is InChI=1S/C15H24N2O2.2ClH/c1-3-11(2)15(17-6-4-16-5-7-17)12-8-13(18)10-14(19)9-12;;/h8-11,15-16,18-19H,3-7H2,1-2H3;2*1H/t11?,15-;;/m1../s1. The zero-order valence-electron chi connectivity index (χ0n) is 12.6. The molecule has 1 saturated heterocycles. The van der Waals surface area contributed by atoms with Crippen LogP contribution in [0.2, 0.25) is 0 Å². The molecule has 1 fully saturated rings. The van der Waals surface area contributed by atoms with Crippen LogP contribution in [0.1, 0.15) is 31.9 Å². The Morgan fingerprint density at radius 2 is 1.62 bits per heavy atom. The van der Waals surface area contributed by atoms with Crippen molar-refractivity contribution in [3.05, 3.63) is 23.8 Å². The minimum Gasteiger partial charge on any atom is -0.508 e. The molecule has 1 aromatic carbocycles. The summed E-state index contributed by atoms with van der Waals surface area (Å²) in [6.45, 7) is 8.42. The van der Waals surface area contributed by atoms with Crippen molar-refractivity contribution in [2.24, 2.45) is 5.92 Å². The first kappa shape index (κ1) is 20.3. The van der Waals surface area contributed by atoms with Crippen LogP contribution in [-0.2, 0) is 0 Å². The van der Waals surface area contributed by atoms with Gasteiger partial charge in [0.05, 0.1) is 0 Å². The second kappa shape index (κ2) is 9.36. The zero-order valence-corrected chi connectivity index (χ0v) is 14.2. The van der Waals surface area contributed by atoms with Crippen molar-refractivity contribution in [1.82, 2.24) is 10.2 Å². The summed E-state index contributed by atoms with van der Waals surface area (Å²) in [6, 6.07) is 5.19. The number of hydrogen-bond acceptors (Lipinski definition) is 4. The number of phenols is 2. The smallest absolute Gasteiger partial charge is 0.119 e. The molecule has 0 spiro atoms. The molecule has 3 N–H and O–H groups in total. The highest BCUT2D eigenvalue weighted by Crippen LogP contribution is 2.34. The Morgan fingerprint density at radius 1 is 1.10 bits per heavy atom. The lowest BCUT2D eigenvalue weighted by Gasteiger charge is -2.38. The van der Waals surface area contributed by atoms with Crippen molar-refractivity contribution >= 4 is 24.8 Å². The fourth-order valence-electron chi connectivity index (χ4n) is 2.87. The van der Waals surface area contributed by atoms with E-state index in [1.807, 2.05) is 0 Å². The van der Waals surface area contributed by atoms with E-state index in [0.717, 1.165) is 38.2 Å². The highest BCUT2D eigenvalue weighted by Gasteiger charge is 2.27. The van der Waals surface area contributed by atoms with Gasteiger partial charge in [0.1, 0.15) is 11.5 Å². The Kier molecular flexibility index (Phi) is 9.06. The first-order chi connectivity index (χ1) is 9.11. The van der Waals surface area contributed by atoms with Gasteiger partial charge in [-0.05, 0) is 23.6 Å². The van der Waals surface area contributed by atoms with Crippen LogP contribution in [0.3, 0.4) is 0 Å². The predicted molar refractivity (Wildman–Crippen MR) is 90.9 cm³/mol. The molecule has 1 aromatic rings. The quantitative estimate of drug-likeness (QED) is 0.791. The lowest BCUT2D eigenvalue weighted by molar-refractivity contribution is 0.128. The van der Waals surface area contributed by atoms with Gasteiger partial charge in [-0.1, -0.05) is 20.3 Å². The van der Waals surface area contributed by atoms with Gasteiger partial charge >= 0.3 is 0 Å². The topological polar surface area (TPSA) is 55.7 Å². The van der Waals surface area contributed by atoms with Crippen LogP contribution in [0.15, 0.2) is 18.2 Å². The molecule has 1 unspecified atom stereocenters. The molecule has 6 heteroatoms. The monoisotopic (exact) mass is 336 g/mol. The molecule has 0 radical (unpaired) electrons. The van der Waals surface area contributed by atoms with Crippen LogP contribution in [0.5, 0.6) is 11.5 Å². The largest absolute Gasteiger partial charge is 0.508 e. The molecule has 1 heterocycles. The summed E-state index contributed by atoms with van der Waals surface area (Å²) >= 11 is 0. The molecular formula is C15H26Cl2N2O2. The third-order valence-corrected chi connectivity index (χ3v) is 3.99. The fraction of sp³-hybridized carbons (Fsp3) is 0.600. The molecule has 2 atom stereocenters. The molecule has 122 valence electrons. The number of aromatic hydroxyl groups is 2. The lowest BCUT2D eigenvalue weighted by atomic mass is 9.90. The molecule has 0 aliphatic carbocycles. The van der Waals surface area contributed by atoms with Gasteiger partial charge in [-0.15, -0.1) is 24.8 Å². The van der Waals surface area contributed by atoms with E-state index < -0.39 is 0 Å². The minimum absolute atomic E-state index is 0. The number of benzene rings is 1. The minimum atomic E-state index is 0. The third kappa shape index (κ3) is 5.22. The maximum atomic E-state index is 9.70. The molecule has 0 bridgehead atoms. The van der Waals surface area contributed by atoms with Crippen molar-refractivity contribution in [2.45, 2.75) is 26.3 Å². The van der Waals surface area contributed by atoms with Crippen LogP contribution in [0.25, 0.3) is 0 Å².